The van der Waals surface area contributed by atoms with Gasteiger partial charge in [-0.3, -0.25) is 10.1 Å². The highest BCUT2D eigenvalue weighted by molar-refractivity contribution is 5.91. The summed E-state index contributed by atoms with van der Waals surface area (Å²) in [6.07, 6.45) is 1.37. The first kappa shape index (κ1) is 16.5. The molecule has 0 spiro atoms. The second kappa shape index (κ2) is 7.94. The largest absolute Gasteiger partial charge is 0.309 e. The topological polar surface area (TPSA) is 50.2 Å². The van der Waals surface area contributed by atoms with Gasteiger partial charge in [0, 0.05) is 19.5 Å². The Labute approximate surface area is 132 Å². The third-order valence-electron chi connectivity index (χ3n) is 3.92. The van der Waals surface area contributed by atoms with E-state index in [0.717, 1.165) is 43.6 Å². The number of nitrogens with zero attached hydrogens (tertiary/aromatic N) is 3. The van der Waals surface area contributed by atoms with Crippen LogP contribution in [0.4, 0.5) is 5.95 Å². The quantitative estimate of drug-likeness (QED) is 0.815. The third kappa shape index (κ3) is 3.85. The molecule has 0 bridgehead atoms. The number of carbonyl (C=O) groups excluding carboxylic acids is 1. The van der Waals surface area contributed by atoms with Gasteiger partial charge in [0.2, 0.25) is 11.9 Å². The summed E-state index contributed by atoms with van der Waals surface area (Å²) < 4.78 is 2.11. The van der Waals surface area contributed by atoms with Gasteiger partial charge < -0.3 is 9.47 Å². The minimum Gasteiger partial charge on any atom is -0.309 e. The smallest absolute Gasteiger partial charge is 0.226 e. The molecule has 0 atom stereocenters. The molecule has 5 heteroatoms. The fraction of sp³-hybridized carbons (Fsp3) is 0.529. The van der Waals surface area contributed by atoms with Gasteiger partial charge in [-0.05, 0) is 31.6 Å². The Hall–Kier alpha value is -1.88. The molecule has 0 aliphatic carbocycles. The lowest BCUT2D eigenvalue weighted by Crippen LogP contribution is -2.27. The molecule has 1 aromatic carbocycles. The summed E-state index contributed by atoms with van der Waals surface area (Å²) in [5, 5.41) is 2.96. The Bertz CT molecular complexity index is 616. The summed E-state index contributed by atoms with van der Waals surface area (Å²) in [5.74, 6) is 0.689. The van der Waals surface area contributed by atoms with Gasteiger partial charge in [-0.15, -0.1) is 0 Å². The number of fused-ring (bicyclic) bond motifs is 1. The first-order valence-corrected chi connectivity index (χ1v) is 8.17. The van der Waals surface area contributed by atoms with Crippen LogP contribution in [0.2, 0.25) is 0 Å². The molecule has 1 heterocycles. The molecule has 2 rings (SSSR count). The molecule has 0 aliphatic heterocycles. The van der Waals surface area contributed by atoms with Crippen LogP contribution >= 0.6 is 0 Å². The number of likely N-dealkylation sites (N-methyl/N-ethyl adjacent to an activating group) is 1. The summed E-state index contributed by atoms with van der Waals surface area (Å²) >= 11 is 0. The fourth-order valence-corrected chi connectivity index (χ4v) is 2.59. The van der Waals surface area contributed by atoms with E-state index in [1.807, 2.05) is 25.1 Å². The highest BCUT2D eigenvalue weighted by Gasteiger charge is 2.13. The van der Waals surface area contributed by atoms with Crippen molar-refractivity contribution in [2.45, 2.75) is 40.2 Å². The molecular weight excluding hydrogens is 276 g/mol. The van der Waals surface area contributed by atoms with E-state index in [9.17, 15) is 4.79 Å². The SMILES string of the molecule is CCCC(=O)Nc1nc2ccccc2n1CCN(CC)CC. The lowest BCUT2D eigenvalue weighted by molar-refractivity contribution is -0.116. The minimum atomic E-state index is 0.0295. The molecule has 0 unspecified atom stereocenters. The number of aromatic nitrogens is 2. The summed E-state index contributed by atoms with van der Waals surface area (Å²) in [7, 11) is 0. The average molecular weight is 302 g/mol. The summed E-state index contributed by atoms with van der Waals surface area (Å²) in [4.78, 5) is 18.9. The van der Waals surface area contributed by atoms with Crippen LogP contribution < -0.4 is 5.32 Å². The van der Waals surface area contributed by atoms with E-state index >= 15 is 0 Å². The molecule has 0 saturated heterocycles. The van der Waals surface area contributed by atoms with Crippen molar-refractivity contribution in [1.29, 1.82) is 0 Å². The van der Waals surface area contributed by atoms with Crippen LogP contribution in [0.3, 0.4) is 0 Å². The maximum atomic E-state index is 11.9. The Morgan fingerprint density at radius 3 is 2.64 bits per heavy atom. The Morgan fingerprint density at radius 1 is 1.23 bits per heavy atom. The Balaban J connectivity index is 2.25. The number of nitrogens with one attached hydrogen (secondary N) is 1. The van der Waals surface area contributed by atoms with Crippen molar-refractivity contribution in [1.82, 2.24) is 14.5 Å². The average Bonchev–Trinajstić information content (AvgIpc) is 2.86. The van der Waals surface area contributed by atoms with Crippen LogP contribution in [0, 0.1) is 0 Å². The number of carbonyl (C=O) groups is 1. The van der Waals surface area contributed by atoms with Gasteiger partial charge in [-0.2, -0.15) is 0 Å². The zero-order valence-corrected chi connectivity index (χ0v) is 13.8. The number of rotatable bonds is 8. The number of anilines is 1. The first-order valence-electron chi connectivity index (χ1n) is 8.17. The predicted octanol–water partition coefficient (Wildman–Crippen LogP) is 3.12. The van der Waals surface area contributed by atoms with Crippen LogP contribution in [0.1, 0.15) is 33.6 Å². The molecule has 5 nitrogen and oxygen atoms in total. The van der Waals surface area contributed by atoms with Gasteiger partial charge in [-0.1, -0.05) is 32.9 Å². The normalized spacial score (nSPS) is 11.3. The number of para-hydroxylation sites is 2. The number of hydrogen-bond acceptors (Lipinski definition) is 3. The molecule has 0 saturated carbocycles. The van der Waals surface area contributed by atoms with Crippen molar-refractivity contribution < 1.29 is 4.79 Å². The summed E-state index contributed by atoms with van der Waals surface area (Å²) in [6, 6.07) is 8.02. The van der Waals surface area contributed by atoms with Gasteiger partial charge in [0.15, 0.2) is 0 Å². The molecule has 120 valence electrons. The maximum Gasteiger partial charge on any atom is 0.226 e. The molecule has 22 heavy (non-hydrogen) atoms. The zero-order chi connectivity index (χ0) is 15.9. The van der Waals surface area contributed by atoms with E-state index in [1.54, 1.807) is 0 Å². The molecule has 0 fully saturated rings. The van der Waals surface area contributed by atoms with Gasteiger partial charge in [-0.25, -0.2) is 4.98 Å². The van der Waals surface area contributed by atoms with E-state index in [2.05, 4.69) is 39.7 Å². The van der Waals surface area contributed by atoms with E-state index in [0.29, 0.717) is 12.4 Å². The van der Waals surface area contributed by atoms with E-state index in [1.165, 1.54) is 0 Å². The van der Waals surface area contributed by atoms with Crippen LogP contribution in [-0.2, 0) is 11.3 Å². The van der Waals surface area contributed by atoms with Gasteiger partial charge in [0.05, 0.1) is 11.0 Å². The molecular formula is C17H26N4O. The number of hydrogen-bond donors (Lipinski definition) is 1. The van der Waals surface area contributed by atoms with Gasteiger partial charge in [0.1, 0.15) is 0 Å². The van der Waals surface area contributed by atoms with E-state index in [-0.39, 0.29) is 5.91 Å². The lowest BCUT2D eigenvalue weighted by Gasteiger charge is -2.19. The van der Waals surface area contributed by atoms with Gasteiger partial charge >= 0.3 is 0 Å². The maximum absolute atomic E-state index is 11.9. The Kier molecular flexibility index (Phi) is 5.95. The highest BCUT2D eigenvalue weighted by atomic mass is 16.1. The second-order valence-electron chi connectivity index (χ2n) is 5.40. The van der Waals surface area contributed by atoms with Crippen LogP contribution in [-0.4, -0.2) is 40.0 Å². The molecule has 1 amide bonds. The third-order valence-corrected chi connectivity index (χ3v) is 3.92. The zero-order valence-electron chi connectivity index (χ0n) is 13.8. The first-order chi connectivity index (χ1) is 10.7. The molecule has 0 aliphatic rings. The number of imidazole rings is 1. The molecule has 1 N–H and O–H groups in total. The number of amides is 1. The van der Waals surface area contributed by atoms with Crippen molar-refractivity contribution in [3.05, 3.63) is 24.3 Å². The lowest BCUT2D eigenvalue weighted by atomic mass is 10.3. The van der Waals surface area contributed by atoms with Gasteiger partial charge in [0.25, 0.3) is 0 Å². The molecule has 0 radical (unpaired) electrons. The minimum absolute atomic E-state index is 0.0295. The fourth-order valence-electron chi connectivity index (χ4n) is 2.59. The van der Waals surface area contributed by atoms with E-state index in [4.69, 9.17) is 0 Å². The van der Waals surface area contributed by atoms with Crippen LogP contribution in [0.15, 0.2) is 24.3 Å². The van der Waals surface area contributed by atoms with Crippen molar-refractivity contribution in [2.24, 2.45) is 0 Å². The predicted molar refractivity (Wildman–Crippen MR) is 91.1 cm³/mol. The molecule has 2 aromatic rings. The second-order valence-corrected chi connectivity index (χ2v) is 5.40. The summed E-state index contributed by atoms with van der Waals surface area (Å²) in [6.45, 7) is 10.2. The standard InChI is InChI=1S/C17H26N4O/c1-4-9-16(22)19-17-18-14-10-7-8-11-15(14)21(17)13-12-20(5-2)6-3/h7-8,10-11H,4-6,9,12-13H2,1-3H3,(H,18,19,22). The summed E-state index contributed by atoms with van der Waals surface area (Å²) in [5.41, 5.74) is 2.00. The van der Waals surface area contributed by atoms with Crippen molar-refractivity contribution in [3.63, 3.8) is 0 Å². The van der Waals surface area contributed by atoms with Crippen molar-refractivity contribution in [3.8, 4) is 0 Å². The monoisotopic (exact) mass is 302 g/mol. The van der Waals surface area contributed by atoms with Crippen LogP contribution in [0.25, 0.3) is 11.0 Å². The van der Waals surface area contributed by atoms with Crippen molar-refractivity contribution in [2.75, 3.05) is 25.0 Å². The van der Waals surface area contributed by atoms with E-state index < -0.39 is 0 Å². The molecule has 1 aromatic heterocycles. The van der Waals surface area contributed by atoms with Crippen LogP contribution in [0.5, 0.6) is 0 Å². The number of benzene rings is 1. The highest BCUT2D eigenvalue weighted by Crippen LogP contribution is 2.19. The Morgan fingerprint density at radius 2 is 1.95 bits per heavy atom. The van der Waals surface area contributed by atoms with Crippen molar-refractivity contribution >= 4 is 22.9 Å².